The van der Waals surface area contributed by atoms with Gasteiger partial charge in [-0.3, -0.25) is 14.4 Å². The predicted molar refractivity (Wildman–Crippen MR) is 109 cm³/mol. The zero-order valence-electron chi connectivity index (χ0n) is 18.3. The highest BCUT2D eigenvalue weighted by Crippen LogP contribution is 2.33. The van der Waals surface area contributed by atoms with Crippen LogP contribution in [0, 0.1) is 5.92 Å². The molecular formula is C22H31NO6. The van der Waals surface area contributed by atoms with Gasteiger partial charge in [0.1, 0.15) is 29.4 Å². The molecule has 0 saturated heterocycles. The molecule has 1 heterocycles. The zero-order chi connectivity index (χ0) is 22.0. The molecule has 1 aliphatic rings. The average Bonchev–Trinajstić information content (AvgIpc) is 2.69. The Morgan fingerprint density at radius 1 is 1.07 bits per heavy atom. The summed E-state index contributed by atoms with van der Waals surface area (Å²) in [5, 5.41) is 0. The maximum atomic E-state index is 13.3. The number of anilines is 1. The first kappa shape index (κ1) is 22.7. The largest absolute Gasteiger partial charge is 0.497 e. The number of benzene rings is 1. The van der Waals surface area contributed by atoms with E-state index >= 15 is 0 Å². The molecule has 0 unspecified atom stereocenters. The first-order valence-corrected chi connectivity index (χ1v) is 9.74. The number of aryl methyl sites for hydroxylation is 1. The van der Waals surface area contributed by atoms with E-state index in [1.165, 1.54) is 12.0 Å². The van der Waals surface area contributed by atoms with Crippen LogP contribution in [-0.4, -0.2) is 42.7 Å². The molecule has 0 N–H and O–H groups in total. The maximum absolute atomic E-state index is 13.3. The number of carbonyl (C=O) groups excluding carboxylic acids is 3. The van der Waals surface area contributed by atoms with Gasteiger partial charge in [-0.05, 0) is 66.0 Å². The van der Waals surface area contributed by atoms with Gasteiger partial charge in [-0.15, -0.1) is 0 Å². The zero-order valence-corrected chi connectivity index (χ0v) is 18.3. The van der Waals surface area contributed by atoms with E-state index in [4.69, 9.17) is 14.2 Å². The Bertz CT molecular complexity index is 787. The summed E-state index contributed by atoms with van der Waals surface area (Å²) in [6.07, 6.45) is 0.803. The first-order valence-electron chi connectivity index (χ1n) is 9.74. The van der Waals surface area contributed by atoms with Gasteiger partial charge in [-0.2, -0.15) is 0 Å². The van der Waals surface area contributed by atoms with E-state index < -0.39 is 35.0 Å². The number of amides is 1. The summed E-state index contributed by atoms with van der Waals surface area (Å²) < 4.78 is 16.1. The molecule has 0 bridgehead atoms. The molecule has 1 aromatic carbocycles. The van der Waals surface area contributed by atoms with Crippen molar-refractivity contribution in [2.45, 2.75) is 65.6 Å². The summed E-state index contributed by atoms with van der Waals surface area (Å²) in [6.45, 7) is 10.2. The van der Waals surface area contributed by atoms with E-state index in [0.717, 1.165) is 5.56 Å². The summed E-state index contributed by atoms with van der Waals surface area (Å²) in [7, 11) is 1.53. The summed E-state index contributed by atoms with van der Waals surface area (Å²) >= 11 is 0. The quantitative estimate of drug-likeness (QED) is 0.565. The minimum absolute atomic E-state index is 0.296. The van der Waals surface area contributed by atoms with Crippen molar-refractivity contribution < 1.29 is 28.6 Å². The standard InChI is InChI=1S/C22H31NO6/c1-21(2,3)28-18(24)13-23-17-12-15(27-7)10-8-14(17)9-11-16(19(23)25)20(26)29-22(4,5)6/h8,10,12,16H,9,11,13H2,1-7H3/t16-/m1/s1. The number of hydrogen-bond acceptors (Lipinski definition) is 6. The number of nitrogens with zero attached hydrogens (tertiary/aromatic N) is 1. The van der Waals surface area contributed by atoms with Crippen LogP contribution in [0.2, 0.25) is 0 Å². The van der Waals surface area contributed by atoms with Crippen molar-refractivity contribution in [1.29, 1.82) is 0 Å². The minimum atomic E-state index is -0.991. The molecule has 160 valence electrons. The first-order chi connectivity index (χ1) is 13.3. The highest BCUT2D eigenvalue weighted by molar-refractivity contribution is 6.09. The van der Waals surface area contributed by atoms with Crippen molar-refractivity contribution in [3.8, 4) is 5.75 Å². The van der Waals surface area contributed by atoms with Gasteiger partial charge < -0.3 is 19.1 Å². The van der Waals surface area contributed by atoms with Crippen LogP contribution in [0.15, 0.2) is 18.2 Å². The van der Waals surface area contributed by atoms with E-state index in [1.807, 2.05) is 6.07 Å². The van der Waals surface area contributed by atoms with Gasteiger partial charge in [0.2, 0.25) is 5.91 Å². The Morgan fingerprint density at radius 2 is 1.69 bits per heavy atom. The Labute approximate surface area is 172 Å². The highest BCUT2D eigenvalue weighted by Gasteiger charge is 2.39. The number of ether oxygens (including phenoxy) is 3. The molecule has 7 nitrogen and oxygen atoms in total. The Kier molecular flexibility index (Phi) is 6.60. The van der Waals surface area contributed by atoms with E-state index in [9.17, 15) is 14.4 Å². The Balaban J connectivity index is 2.41. The lowest BCUT2D eigenvalue weighted by molar-refractivity contribution is -0.163. The third kappa shape index (κ3) is 6.21. The molecule has 0 radical (unpaired) electrons. The molecule has 0 aliphatic carbocycles. The van der Waals surface area contributed by atoms with Crippen LogP contribution >= 0.6 is 0 Å². The summed E-state index contributed by atoms with van der Waals surface area (Å²) in [4.78, 5) is 39.8. The smallest absolute Gasteiger partial charge is 0.326 e. The van der Waals surface area contributed by atoms with Crippen LogP contribution in [0.25, 0.3) is 0 Å². The monoisotopic (exact) mass is 405 g/mol. The van der Waals surface area contributed by atoms with Crippen LogP contribution in [0.5, 0.6) is 5.75 Å². The Hall–Kier alpha value is -2.57. The van der Waals surface area contributed by atoms with Crippen molar-refractivity contribution in [3.05, 3.63) is 23.8 Å². The third-order valence-electron chi connectivity index (χ3n) is 4.25. The normalized spacial score (nSPS) is 17.3. The average molecular weight is 405 g/mol. The Morgan fingerprint density at radius 3 is 2.24 bits per heavy atom. The second-order valence-corrected chi connectivity index (χ2v) is 9.13. The lowest BCUT2D eigenvalue weighted by Gasteiger charge is -2.28. The SMILES string of the molecule is COc1ccc2c(c1)N(CC(=O)OC(C)(C)C)C(=O)[C@H](C(=O)OC(C)(C)C)CC2. The van der Waals surface area contributed by atoms with Gasteiger partial charge in [0, 0.05) is 6.07 Å². The summed E-state index contributed by atoms with van der Waals surface area (Å²) in [5.41, 5.74) is 0.00349. The van der Waals surface area contributed by atoms with Crippen molar-refractivity contribution in [3.63, 3.8) is 0 Å². The third-order valence-corrected chi connectivity index (χ3v) is 4.25. The van der Waals surface area contributed by atoms with Gasteiger partial charge >= 0.3 is 11.9 Å². The second-order valence-electron chi connectivity index (χ2n) is 9.13. The van der Waals surface area contributed by atoms with Crippen molar-refractivity contribution in [2.24, 2.45) is 5.92 Å². The second kappa shape index (κ2) is 8.43. The maximum Gasteiger partial charge on any atom is 0.326 e. The lowest BCUT2D eigenvalue weighted by atomic mass is 10.00. The van der Waals surface area contributed by atoms with Crippen molar-refractivity contribution in [2.75, 3.05) is 18.6 Å². The predicted octanol–water partition coefficient (Wildman–Crippen LogP) is 3.27. The molecule has 0 aromatic heterocycles. The number of hydrogen-bond donors (Lipinski definition) is 0. The van der Waals surface area contributed by atoms with Crippen molar-refractivity contribution in [1.82, 2.24) is 0 Å². The van der Waals surface area contributed by atoms with E-state index in [0.29, 0.717) is 24.3 Å². The van der Waals surface area contributed by atoms with Crippen LogP contribution in [0.4, 0.5) is 5.69 Å². The molecule has 0 fully saturated rings. The number of carbonyl (C=O) groups is 3. The fourth-order valence-electron chi connectivity index (χ4n) is 3.12. The molecule has 1 aromatic rings. The number of fused-ring (bicyclic) bond motifs is 1. The summed E-state index contributed by atoms with van der Waals surface area (Å²) in [5.74, 6) is -2.05. The van der Waals surface area contributed by atoms with E-state index in [-0.39, 0.29) is 6.54 Å². The molecule has 1 amide bonds. The molecule has 29 heavy (non-hydrogen) atoms. The van der Waals surface area contributed by atoms with Gasteiger partial charge in [-0.1, -0.05) is 6.07 Å². The fourth-order valence-corrected chi connectivity index (χ4v) is 3.12. The van der Waals surface area contributed by atoms with Crippen LogP contribution in [0.3, 0.4) is 0 Å². The summed E-state index contributed by atoms with van der Waals surface area (Å²) in [6, 6.07) is 5.35. The van der Waals surface area contributed by atoms with E-state index in [1.54, 1.807) is 53.7 Å². The molecule has 0 saturated carbocycles. The van der Waals surface area contributed by atoms with Gasteiger partial charge in [-0.25, -0.2) is 0 Å². The van der Waals surface area contributed by atoms with Crippen molar-refractivity contribution >= 4 is 23.5 Å². The molecule has 1 aliphatic heterocycles. The molecule has 0 spiro atoms. The highest BCUT2D eigenvalue weighted by atomic mass is 16.6. The van der Waals surface area contributed by atoms with Gasteiger partial charge in [0.05, 0.1) is 12.8 Å². The molecule has 7 heteroatoms. The van der Waals surface area contributed by atoms with E-state index in [2.05, 4.69) is 0 Å². The molecular weight excluding hydrogens is 374 g/mol. The van der Waals surface area contributed by atoms with Gasteiger partial charge in [0.25, 0.3) is 0 Å². The van der Waals surface area contributed by atoms with Crippen LogP contribution in [-0.2, 0) is 30.3 Å². The minimum Gasteiger partial charge on any atom is -0.497 e. The van der Waals surface area contributed by atoms with Crippen LogP contribution in [0.1, 0.15) is 53.5 Å². The molecule has 1 atom stereocenters. The topological polar surface area (TPSA) is 82.1 Å². The van der Waals surface area contributed by atoms with Crippen LogP contribution < -0.4 is 9.64 Å². The number of esters is 2. The number of rotatable bonds is 4. The van der Waals surface area contributed by atoms with Gasteiger partial charge in [0.15, 0.2) is 0 Å². The fraction of sp³-hybridized carbons (Fsp3) is 0.591. The number of methoxy groups -OCH3 is 1. The molecule has 2 rings (SSSR count). The lowest BCUT2D eigenvalue weighted by Crippen LogP contribution is -2.44.